The van der Waals surface area contributed by atoms with Gasteiger partial charge in [0, 0.05) is 25.6 Å². The number of nitrogens with zero attached hydrogens (tertiary/aromatic N) is 4. The molecule has 2 heterocycles. The second kappa shape index (κ2) is 4.43. The van der Waals surface area contributed by atoms with Gasteiger partial charge in [-0.05, 0) is 13.0 Å². The third-order valence-corrected chi connectivity index (χ3v) is 2.38. The van der Waals surface area contributed by atoms with Crippen molar-refractivity contribution in [2.75, 3.05) is 0 Å². The van der Waals surface area contributed by atoms with Crippen molar-refractivity contribution in [3.05, 3.63) is 29.2 Å². The maximum absolute atomic E-state index is 12.4. The molecule has 0 aliphatic carbocycles. The van der Waals surface area contributed by atoms with Gasteiger partial charge >= 0.3 is 6.18 Å². The van der Waals surface area contributed by atoms with Gasteiger partial charge in [-0.1, -0.05) is 0 Å². The summed E-state index contributed by atoms with van der Waals surface area (Å²) in [5.41, 5.74) is -0.444. The van der Waals surface area contributed by atoms with E-state index in [4.69, 9.17) is 4.42 Å². The highest BCUT2D eigenvalue weighted by atomic mass is 19.4. The van der Waals surface area contributed by atoms with Crippen LogP contribution in [0.4, 0.5) is 13.2 Å². The minimum Gasteiger partial charge on any atom is -0.426 e. The van der Waals surface area contributed by atoms with Crippen LogP contribution in [0.2, 0.25) is 0 Å². The molecular formula is C10H11F3N4O. The van der Waals surface area contributed by atoms with Gasteiger partial charge in [-0.15, -0.1) is 10.2 Å². The molecule has 2 aromatic heterocycles. The Morgan fingerprint density at radius 3 is 2.50 bits per heavy atom. The Hall–Kier alpha value is -1.86. The highest BCUT2D eigenvalue weighted by Crippen LogP contribution is 2.28. The Bertz CT molecular complexity index is 544. The summed E-state index contributed by atoms with van der Waals surface area (Å²) in [7, 11) is 0. The van der Waals surface area contributed by atoms with Crippen LogP contribution in [-0.4, -0.2) is 20.0 Å². The monoisotopic (exact) mass is 260 g/mol. The van der Waals surface area contributed by atoms with Gasteiger partial charge in [0.15, 0.2) is 5.69 Å². The summed E-state index contributed by atoms with van der Waals surface area (Å²) in [6.45, 7) is 3.49. The van der Waals surface area contributed by atoms with E-state index >= 15 is 0 Å². The summed E-state index contributed by atoms with van der Waals surface area (Å²) in [4.78, 5) is 0. The van der Waals surface area contributed by atoms with Gasteiger partial charge in [-0.3, -0.25) is 4.68 Å². The van der Waals surface area contributed by atoms with Gasteiger partial charge in [-0.2, -0.15) is 18.3 Å². The molecule has 0 aliphatic rings. The fourth-order valence-corrected chi connectivity index (χ4v) is 1.52. The van der Waals surface area contributed by atoms with Crippen molar-refractivity contribution in [2.24, 2.45) is 0 Å². The van der Waals surface area contributed by atoms with Crippen molar-refractivity contribution in [2.45, 2.75) is 33.0 Å². The Morgan fingerprint density at radius 2 is 2.00 bits per heavy atom. The first-order valence-electron chi connectivity index (χ1n) is 5.27. The molecule has 0 saturated carbocycles. The topological polar surface area (TPSA) is 56.7 Å². The Kier molecular flexibility index (Phi) is 3.10. The maximum atomic E-state index is 12.4. The number of aromatic nitrogens is 4. The van der Waals surface area contributed by atoms with Gasteiger partial charge in [0.05, 0.1) is 0 Å². The number of hydrogen-bond acceptors (Lipinski definition) is 4. The predicted molar refractivity (Wildman–Crippen MR) is 54.7 cm³/mol. The van der Waals surface area contributed by atoms with Crippen LogP contribution in [0, 0.1) is 13.8 Å². The number of aryl methyl sites for hydroxylation is 4. The smallest absolute Gasteiger partial charge is 0.426 e. The van der Waals surface area contributed by atoms with Gasteiger partial charge in [0.25, 0.3) is 0 Å². The third kappa shape index (κ3) is 2.69. The summed E-state index contributed by atoms with van der Waals surface area (Å²) >= 11 is 0. The molecule has 18 heavy (non-hydrogen) atoms. The van der Waals surface area contributed by atoms with Gasteiger partial charge in [0.1, 0.15) is 0 Å². The van der Waals surface area contributed by atoms with E-state index in [0.717, 1.165) is 6.07 Å². The van der Waals surface area contributed by atoms with Crippen LogP contribution in [-0.2, 0) is 19.1 Å². The summed E-state index contributed by atoms with van der Waals surface area (Å²) < 4.78 is 43.7. The third-order valence-electron chi connectivity index (χ3n) is 2.38. The largest absolute Gasteiger partial charge is 0.435 e. The van der Waals surface area contributed by atoms with Crippen molar-refractivity contribution in [1.29, 1.82) is 0 Å². The lowest BCUT2D eigenvalue weighted by molar-refractivity contribution is -0.141. The molecule has 0 spiro atoms. The molecule has 0 aliphatic heterocycles. The molecule has 0 atom stereocenters. The van der Waals surface area contributed by atoms with E-state index in [-0.39, 0.29) is 6.54 Å². The number of halogens is 3. The first kappa shape index (κ1) is 12.6. The van der Waals surface area contributed by atoms with Crippen molar-refractivity contribution in [1.82, 2.24) is 20.0 Å². The summed E-state index contributed by atoms with van der Waals surface area (Å²) in [5.74, 6) is 0.814. The molecule has 0 aromatic carbocycles. The Balaban J connectivity index is 2.08. The Morgan fingerprint density at radius 1 is 1.28 bits per heavy atom. The molecule has 2 rings (SSSR count). The average molecular weight is 260 g/mol. The zero-order valence-corrected chi connectivity index (χ0v) is 9.82. The minimum absolute atomic E-state index is 0.267. The molecule has 5 nitrogen and oxygen atoms in total. The molecule has 0 bridgehead atoms. The van der Waals surface area contributed by atoms with Crippen LogP contribution in [0.3, 0.4) is 0 Å². The zero-order chi connectivity index (χ0) is 13.3. The lowest BCUT2D eigenvalue weighted by atomic mass is 10.3. The average Bonchev–Trinajstić information content (AvgIpc) is 2.81. The Labute approximate surface area is 101 Å². The minimum atomic E-state index is -4.42. The quantitative estimate of drug-likeness (QED) is 0.848. The maximum Gasteiger partial charge on any atom is 0.435 e. The number of rotatable bonds is 3. The molecule has 98 valence electrons. The van der Waals surface area contributed by atoms with Crippen molar-refractivity contribution in [3.8, 4) is 0 Å². The molecule has 0 unspecified atom stereocenters. The fourth-order valence-electron chi connectivity index (χ4n) is 1.52. The number of hydrogen-bond donors (Lipinski definition) is 0. The van der Waals surface area contributed by atoms with Crippen LogP contribution < -0.4 is 0 Å². The van der Waals surface area contributed by atoms with E-state index < -0.39 is 11.9 Å². The molecule has 0 N–H and O–H groups in total. The standard InChI is InChI=1S/C10H11F3N4O/c1-6-5-8(10(11,12)13)16-17(6)4-3-9-15-14-7(2)18-9/h5H,3-4H2,1-2H3. The van der Waals surface area contributed by atoms with Gasteiger partial charge in [-0.25, -0.2) is 0 Å². The van der Waals surface area contributed by atoms with E-state index in [1.807, 2.05) is 0 Å². The van der Waals surface area contributed by atoms with E-state index in [1.54, 1.807) is 13.8 Å². The SMILES string of the molecule is Cc1nnc(CCn2nc(C(F)(F)F)cc2C)o1. The molecule has 0 fully saturated rings. The van der Waals surface area contributed by atoms with Crippen LogP contribution >= 0.6 is 0 Å². The summed E-state index contributed by atoms with van der Waals surface area (Å²) in [5, 5.41) is 10.9. The van der Waals surface area contributed by atoms with Crippen LogP contribution in [0.25, 0.3) is 0 Å². The molecule has 8 heteroatoms. The molecule has 2 aromatic rings. The lowest BCUT2D eigenvalue weighted by Crippen LogP contribution is -2.09. The number of alkyl halides is 3. The van der Waals surface area contributed by atoms with Crippen LogP contribution in [0.5, 0.6) is 0 Å². The van der Waals surface area contributed by atoms with E-state index in [2.05, 4.69) is 15.3 Å². The summed E-state index contributed by atoms with van der Waals surface area (Å²) in [6, 6.07) is 1.01. The van der Waals surface area contributed by atoms with Gasteiger partial charge in [0.2, 0.25) is 11.8 Å². The molecule has 0 saturated heterocycles. The van der Waals surface area contributed by atoms with E-state index in [0.29, 0.717) is 23.9 Å². The van der Waals surface area contributed by atoms with Gasteiger partial charge < -0.3 is 4.42 Å². The van der Waals surface area contributed by atoms with E-state index in [9.17, 15) is 13.2 Å². The zero-order valence-electron chi connectivity index (χ0n) is 9.82. The van der Waals surface area contributed by atoms with Crippen molar-refractivity contribution < 1.29 is 17.6 Å². The summed E-state index contributed by atoms with van der Waals surface area (Å²) in [6.07, 6.45) is -4.07. The van der Waals surface area contributed by atoms with Crippen molar-refractivity contribution >= 4 is 0 Å². The first-order chi connectivity index (χ1) is 8.36. The highest BCUT2D eigenvalue weighted by molar-refractivity contribution is 5.11. The van der Waals surface area contributed by atoms with Crippen LogP contribution in [0.15, 0.2) is 10.5 Å². The van der Waals surface area contributed by atoms with E-state index in [1.165, 1.54) is 4.68 Å². The molecular weight excluding hydrogens is 249 g/mol. The lowest BCUT2D eigenvalue weighted by Gasteiger charge is -2.02. The normalized spacial score (nSPS) is 12.1. The molecule has 0 radical (unpaired) electrons. The second-order valence-corrected chi connectivity index (χ2v) is 3.86. The predicted octanol–water partition coefficient (Wildman–Crippen LogP) is 2.14. The first-order valence-corrected chi connectivity index (χ1v) is 5.27. The molecule has 0 amide bonds. The van der Waals surface area contributed by atoms with Crippen LogP contribution in [0.1, 0.15) is 23.2 Å². The van der Waals surface area contributed by atoms with Crippen molar-refractivity contribution in [3.63, 3.8) is 0 Å². The highest BCUT2D eigenvalue weighted by Gasteiger charge is 2.34. The second-order valence-electron chi connectivity index (χ2n) is 3.86. The fraction of sp³-hybridized carbons (Fsp3) is 0.500.